The van der Waals surface area contributed by atoms with Crippen molar-refractivity contribution < 1.29 is 9.90 Å². The molecule has 2 rings (SSSR count). The van der Waals surface area contributed by atoms with Crippen molar-refractivity contribution in [1.29, 1.82) is 0 Å². The van der Waals surface area contributed by atoms with Crippen molar-refractivity contribution in [3.8, 4) is 0 Å². The molecule has 84 valence electrons. The van der Waals surface area contributed by atoms with Crippen LogP contribution >= 0.6 is 0 Å². The highest BCUT2D eigenvalue weighted by atomic mass is 16.4. The highest BCUT2D eigenvalue weighted by molar-refractivity contribution is 5.82. The van der Waals surface area contributed by atoms with Crippen molar-refractivity contribution in [3.63, 3.8) is 0 Å². The Morgan fingerprint density at radius 3 is 2.88 bits per heavy atom. The van der Waals surface area contributed by atoms with Crippen molar-refractivity contribution in [1.82, 2.24) is 9.78 Å². The number of aryl methyl sites for hydroxylation is 3. The first kappa shape index (κ1) is 10.7. The van der Waals surface area contributed by atoms with E-state index in [9.17, 15) is 4.79 Å². The highest BCUT2D eigenvalue weighted by Crippen LogP contribution is 2.19. The fraction of sp³-hybridized carbons (Fsp3) is 0.333. The molecule has 0 spiro atoms. The number of rotatable bonds is 3. The Bertz CT molecular complexity index is 543. The van der Waals surface area contributed by atoms with Crippen LogP contribution in [-0.2, 0) is 11.3 Å². The van der Waals surface area contributed by atoms with Gasteiger partial charge in [-0.05, 0) is 25.5 Å². The summed E-state index contributed by atoms with van der Waals surface area (Å²) in [4.78, 5) is 10.5. The van der Waals surface area contributed by atoms with Crippen LogP contribution in [0.1, 0.15) is 17.7 Å². The lowest BCUT2D eigenvalue weighted by atomic mass is 10.1. The number of carbonyl (C=O) groups is 1. The summed E-state index contributed by atoms with van der Waals surface area (Å²) < 4.78 is 1.76. The number of benzene rings is 1. The second kappa shape index (κ2) is 3.96. The van der Waals surface area contributed by atoms with Gasteiger partial charge in [-0.25, -0.2) is 0 Å². The average Bonchev–Trinajstić information content (AvgIpc) is 2.52. The molecular weight excluding hydrogens is 204 g/mol. The number of hydrogen-bond donors (Lipinski definition) is 1. The van der Waals surface area contributed by atoms with Crippen LogP contribution in [0.15, 0.2) is 18.2 Å². The third-order valence-electron chi connectivity index (χ3n) is 2.70. The minimum atomic E-state index is -0.796. The molecule has 0 saturated heterocycles. The molecule has 0 fully saturated rings. The second-order valence-corrected chi connectivity index (χ2v) is 3.97. The Labute approximate surface area is 93.5 Å². The molecule has 0 aliphatic rings. The molecule has 4 nitrogen and oxygen atoms in total. The van der Waals surface area contributed by atoms with E-state index < -0.39 is 5.97 Å². The van der Waals surface area contributed by atoms with Gasteiger partial charge in [0.15, 0.2) is 0 Å². The van der Waals surface area contributed by atoms with Crippen molar-refractivity contribution >= 4 is 16.9 Å². The molecule has 1 aromatic heterocycles. The maximum absolute atomic E-state index is 10.5. The lowest BCUT2D eigenvalue weighted by Gasteiger charge is -2.00. The van der Waals surface area contributed by atoms with Crippen molar-refractivity contribution in [2.24, 2.45) is 0 Å². The van der Waals surface area contributed by atoms with E-state index in [4.69, 9.17) is 5.11 Å². The number of fused-ring (bicyclic) bond motifs is 1. The monoisotopic (exact) mass is 218 g/mol. The zero-order valence-corrected chi connectivity index (χ0v) is 9.40. The molecular formula is C12H14N2O2. The summed E-state index contributed by atoms with van der Waals surface area (Å²) in [5.41, 5.74) is 3.12. The summed E-state index contributed by atoms with van der Waals surface area (Å²) in [5, 5.41) is 14.1. The van der Waals surface area contributed by atoms with Crippen molar-refractivity contribution in [2.45, 2.75) is 26.8 Å². The number of carboxylic acid groups (broad SMARTS) is 1. The minimum absolute atomic E-state index is 0.105. The maximum Gasteiger partial charge on any atom is 0.305 e. The van der Waals surface area contributed by atoms with E-state index in [1.165, 1.54) is 0 Å². The zero-order valence-electron chi connectivity index (χ0n) is 9.40. The summed E-state index contributed by atoms with van der Waals surface area (Å²) in [7, 11) is 0. The molecule has 0 saturated carbocycles. The second-order valence-electron chi connectivity index (χ2n) is 3.97. The van der Waals surface area contributed by atoms with Gasteiger partial charge in [-0.15, -0.1) is 0 Å². The topological polar surface area (TPSA) is 55.1 Å². The van der Waals surface area contributed by atoms with Gasteiger partial charge in [0, 0.05) is 11.1 Å². The number of hydrogen-bond acceptors (Lipinski definition) is 2. The van der Waals surface area contributed by atoms with Crippen LogP contribution in [-0.4, -0.2) is 20.9 Å². The first-order valence-electron chi connectivity index (χ1n) is 5.23. The van der Waals surface area contributed by atoms with Crippen LogP contribution < -0.4 is 0 Å². The Morgan fingerprint density at radius 1 is 1.44 bits per heavy atom. The summed E-state index contributed by atoms with van der Waals surface area (Å²) in [6.45, 7) is 4.41. The molecule has 0 amide bonds. The summed E-state index contributed by atoms with van der Waals surface area (Å²) in [5.74, 6) is -0.796. The van der Waals surface area contributed by atoms with Crippen LogP contribution in [0.3, 0.4) is 0 Å². The minimum Gasteiger partial charge on any atom is -0.481 e. The molecule has 1 N–H and O–H groups in total. The average molecular weight is 218 g/mol. The quantitative estimate of drug-likeness (QED) is 0.858. The van der Waals surface area contributed by atoms with Crippen LogP contribution in [0, 0.1) is 13.8 Å². The largest absolute Gasteiger partial charge is 0.481 e. The third-order valence-corrected chi connectivity index (χ3v) is 2.70. The zero-order chi connectivity index (χ0) is 11.7. The number of nitrogens with zero attached hydrogens (tertiary/aromatic N) is 2. The maximum atomic E-state index is 10.5. The van der Waals surface area contributed by atoms with Gasteiger partial charge in [-0.3, -0.25) is 9.48 Å². The SMILES string of the molecule is Cc1ccc2c(C)n(CCC(=O)O)nc2c1. The van der Waals surface area contributed by atoms with Crippen LogP contribution in [0.25, 0.3) is 10.9 Å². The Hall–Kier alpha value is -1.84. The molecule has 0 bridgehead atoms. The fourth-order valence-corrected chi connectivity index (χ4v) is 1.79. The normalized spacial score (nSPS) is 10.9. The van der Waals surface area contributed by atoms with E-state index in [1.54, 1.807) is 4.68 Å². The van der Waals surface area contributed by atoms with E-state index in [1.807, 2.05) is 32.0 Å². The molecule has 2 aromatic rings. The first-order chi connectivity index (χ1) is 7.58. The van der Waals surface area contributed by atoms with Gasteiger partial charge in [-0.2, -0.15) is 5.10 Å². The lowest BCUT2D eigenvalue weighted by molar-refractivity contribution is -0.137. The number of aliphatic carboxylic acids is 1. The van der Waals surface area contributed by atoms with Crippen LogP contribution in [0.2, 0.25) is 0 Å². The standard InChI is InChI=1S/C12H14N2O2/c1-8-3-4-10-9(2)14(6-5-12(15)16)13-11(10)7-8/h3-4,7H,5-6H2,1-2H3,(H,15,16). The summed E-state index contributed by atoms with van der Waals surface area (Å²) in [6.07, 6.45) is 0.105. The Kier molecular flexibility index (Phi) is 2.64. The van der Waals surface area contributed by atoms with Gasteiger partial charge in [0.25, 0.3) is 0 Å². The molecule has 0 unspecified atom stereocenters. The number of carboxylic acids is 1. The molecule has 1 heterocycles. The third kappa shape index (κ3) is 1.91. The first-order valence-corrected chi connectivity index (χ1v) is 5.23. The Morgan fingerprint density at radius 2 is 2.19 bits per heavy atom. The van der Waals surface area contributed by atoms with E-state index in [-0.39, 0.29) is 6.42 Å². The number of aromatic nitrogens is 2. The van der Waals surface area contributed by atoms with Crippen molar-refractivity contribution in [3.05, 3.63) is 29.5 Å². The molecule has 0 aliphatic heterocycles. The van der Waals surface area contributed by atoms with Crippen molar-refractivity contribution in [2.75, 3.05) is 0 Å². The summed E-state index contributed by atoms with van der Waals surface area (Å²) >= 11 is 0. The fourth-order valence-electron chi connectivity index (χ4n) is 1.79. The lowest BCUT2D eigenvalue weighted by Crippen LogP contribution is -2.07. The summed E-state index contributed by atoms with van der Waals surface area (Å²) in [6, 6.07) is 6.09. The molecule has 4 heteroatoms. The van der Waals surface area contributed by atoms with Crippen LogP contribution in [0.5, 0.6) is 0 Å². The predicted molar refractivity (Wildman–Crippen MR) is 61.5 cm³/mol. The van der Waals surface area contributed by atoms with Gasteiger partial charge >= 0.3 is 5.97 Å². The van der Waals surface area contributed by atoms with Gasteiger partial charge < -0.3 is 5.11 Å². The van der Waals surface area contributed by atoms with Crippen LogP contribution in [0.4, 0.5) is 0 Å². The van der Waals surface area contributed by atoms with Gasteiger partial charge in [0.1, 0.15) is 0 Å². The predicted octanol–water partition coefficient (Wildman–Crippen LogP) is 2.13. The molecule has 0 radical (unpaired) electrons. The van der Waals surface area contributed by atoms with E-state index in [0.717, 1.165) is 22.2 Å². The Balaban J connectivity index is 2.39. The molecule has 1 aromatic carbocycles. The van der Waals surface area contributed by atoms with Gasteiger partial charge in [-0.1, -0.05) is 12.1 Å². The van der Waals surface area contributed by atoms with E-state index in [0.29, 0.717) is 6.54 Å². The van der Waals surface area contributed by atoms with Gasteiger partial charge in [0.05, 0.1) is 18.5 Å². The smallest absolute Gasteiger partial charge is 0.305 e. The highest BCUT2D eigenvalue weighted by Gasteiger charge is 2.08. The van der Waals surface area contributed by atoms with E-state index in [2.05, 4.69) is 5.10 Å². The van der Waals surface area contributed by atoms with E-state index >= 15 is 0 Å². The molecule has 0 aliphatic carbocycles. The molecule has 16 heavy (non-hydrogen) atoms. The van der Waals surface area contributed by atoms with Gasteiger partial charge in [0.2, 0.25) is 0 Å². The molecule has 0 atom stereocenters.